The Bertz CT molecular complexity index is 690. The van der Waals surface area contributed by atoms with Crippen molar-refractivity contribution in [3.63, 3.8) is 0 Å². The monoisotopic (exact) mass is 325 g/mol. The van der Waals surface area contributed by atoms with Crippen molar-refractivity contribution in [1.82, 2.24) is 14.8 Å². The molecule has 126 valence electrons. The molecule has 24 heavy (non-hydrogen) atoms. The first kappa shape index (κ1) is 16.5. The first-order valence-corrected chi connectivity index (χ1v) is 8.26. The number of pyridine rings is 1. The number of benzene rings is 1. The summed E-state index contributed by atoms with van der Waals surface area (Å²) in [7, 11) is 2.08. The first-order chi connectivity index (χ1) is 11.6. The van der Waals surface area contributed by atoms with Crippen LogP contribution in [0.1, 0.15) is 22.8 Å². The Morgan fingerprint density at radius 3 is 2.79 bits per heavy atom. The average molecular weight is 325 g/mol. The smallest absolute Gasteiger partial charge is 0.254 e. The standard InChI is InChI=1S/C19H23N3O2/c1-15-13-21(2)10-11-22(15)19(23)17-8-9-20-18(12-17)24-14-16-6-4-3-5-7-16/h3-9,12,15H,10-11,13-14H2,1-2H3/t15-/m1/s1. The van der Waals surface area contributed by atoms with Crippen molar-refractivity contribution < 1.29 is 9.53 Å². The number of hydrogen-bond acceptors (Lipinski definition) is 4. The molecule has 5 heteroatoms. The molecule has 0 radical (unpaired) electrons. The average Bonchev–Trinajstić information content (AvgIpc) is 2.61. The Labute approximate surface area is 142 Å². The zero-order chi connectivity index (χ0) is 16.9. The normalized spacial score (nSPS) is 18.4. The largest absolute Gasteiger partial charge is 0.473 e. The lowest BCUT2D eigenvalue weighted by atomic mass is 10.1. The fraction of sp³-hybridized carbons (Fsp3) is 0.368. The fourth-order valence-electron chi connectivity index (χ4n) is 2.96. The molecule has 2 aromatic rings. The molecular weight excluding hydrogens is 302 g/mol. The van der Waals surface area contributed by atoms with Crippen LogP contribution in [-0.4, -0.2) is 53.4 Å². The Hall–Kier alpha value is -2.40. The van der Waals surface area contributed by atoms with E-state index in [2.05, 4.69) is 23.9 Å². The van der Waals surface area contributed by atoms with Crippen LogP contribution in [0.3, 0.4) is 0 Å². The van der Waals surface area contributed by atoms with Crippen LogP contribution < -0.4 is 4.74 Å². The predicted molar refractivity (Wildman–Crippen MR) is 93.0 cm³/mol. The molecule has 2 heterocycles. The molecule has 0 bridgehead atoms. The lowest BCUT2D eigenvalue weighted by molar-refractivity contribution is 0.0533. The summed E-state index contributed by atoms with van der Waals surface area (Å²) in [5.41, 5.74) is 1.70. The van der Waals surface area contributed by atoms with Crippen LogP contribution in [0.5, 0.6) is 5.88 Å². The second-order valence-electron chi connectivity index (χ2n) is 6.27. The molecule has 0 N–H and O–H groups in total. The van der Waals surface area contributed by atoms with Gasteiger partial charge < -0.3 is 14.5 Å². The minimum Gasteiger partial charge on any atom is -0.473 e. The van der Waals surface area contributed by atoms with Crippen molar-refractivity contribution in [2.24, 2.45) is 0 Å². The van der Waals surface area contributed by atoms with Crippen LogP contribution in [0.2, 0.25) is 0 Å². The molecule has 0 saturated carbocycles. The van der Waals surface area contributed by atoms with Gasteiger partial charge >= 0.3 is 0 Å². The van der Waals surface area contributed by atoms with Crippen molar-refractivity contribution in [2.45, 2.75) is 19.6 Å². The number of amides is 1. The van der Waals surface area contributed by atoms with E-state index < -0.39 is 0 Å². The van der Waals surface area contributed by atoms with Gasteiger partial charge in [0.25, 0.3) is 5.91 Å². The summed E-state index contributed by atoms with van der Waals surface area (Å²) in [6.45, 7) is 5.07. The molecule has 1 aliphatic rings. The number of nitrogens with zero attached hydrogens (tertiary/aromatic N) is 3. The Morgan fingerprint density at radius 2 is 2.04 bits per heavy atom. The molecule has 1 amide bonds. The fourth-order valence-corrected chi connectivity index (χ4v) is 2.96. The van der Waals surface area contributed by atoms with E-state index in [0.29, 0.717) is 18.1 Å². The molecule has 5 nitrogen and oxygen atoms in total. The van der Waals surface area contributed by atoms with Crippen molar-refractivity contribution in [2.75, 3.05) is 26.7 Å². The molecule has 1 aromatic heterocycles. The molecule has 1 fully saturated rings. The number of likely N-dealkylation sites (N-methyl/N-ethyl adjacent to an activating group) is 1. The lowest BCUT2D eigenvalue weighted by Crippen LogP contribution is -2.52. The number of hydrogen-bond donors (Lipinski definition) is 0. The molecule has 1 aromatic carbocycles. The van der Waals surface area contributed by atoms with Gasteiger partial charge in [-0.25, -0.2) is 4.98 Å². The number of carbonyl (C=O) groups excluding carboxylic acids is 1. The third-order valence-corrected chi connectivity index (χ3v) is 4.30. The number of piperazine rings is 1. The van der Waals surface area contributed by atoms with Gasteiger partial charge in [-0.3, -0.25) is 4.79 Å². The SMILES string of the molecule is C[C@@H]1CN(C)CCN1C(=O)c1ccnc(OCc2ccccc2)c1. The van der Waals surface area contributed by atoms with Crippen LogP contribution >= 0.6 is 0 Å². The summed E-state index contributed by atoms with van der Waals surface area (Å²) in [5.74, 6) is 0.522. The quantitative estimate of drug-likeness (QED) is 0.866. The summed E-state index contributed by atoms with van der Waals surface area (Å²) >= 11 is 0. The van der Waals surface area contributed by atoms with Gasteiger partial charge in [-0.15, -0.1) is 0 Å². The van der Waals surface area contributed by atoms with Gasteiger partial charge in [0.15, 0.2) is 0 Å². The second-order valence-corrected chi connectivity index (χ2v) is 6.27. The third-order valence-electron chi connectivity index (χ3n) is 4.30. The minimum absolute atomic E-state index is 0.0440. The van der Waals surface area contributed by atoms with E-state index in [1.54, 1.807) is 18.3 Å². The van der Waals surface area contributed by atoms with Gasteiger partial charge in [0.05, 0.1) is 0 Å². The summed E-state index contributed by atoms with van der Waals surface area (Å²) in [5, 5.41) is 0. The van der Waals surface area contributed by atoms with Gasteiger partial charge in [-0.2, -0.15) is 0 Å². The zero-order valence-corrected chi connectivity index (χ0v) is 14.2. The minimum atomic E-state index is 0.0440. The van der Waals surface area contributed by atoms with E-state index in [-0.39, 0.29) is 11.9 Å². The number of rotatable bonds is 4. The lowest BCUT2D eigenvalue weighted by Gasteiger charge is -2.38. The maximum Gasteiger partial charge on any atom is 0.254 e. The molecule has 1 aliphatic heterocycles. The number of carbonyl (C=O) groups is 1. The highest BCUT2D eigenvalue weighted by Gasteiger charge is 2.26. The highest BCUT2D eigenvalue weighted by atomic mass is 16.5. The maximum absolute atomic E-state index is 12.8. The molecule has 0 aliphatic carbocycles. The van der Waals surface area contributed by atoms with E-state index in [9.17, 15) is 4.79 Å². The zero-order valence-electron chi connectivity index (χ0n) is 14.2. The number of aromatic nitrogens is 1. The summed E-state index contributed by atoms with van der Waals surface area (Å²) in [4.78, 5) is 21.2. The van der Waals surface area contributed by atoms with Crippen LogP contribution in [0, 0.1) is 0 Å². The summed E-state index contributed by atoms with van der Waals surface area (Å²) in [6, 6.07) is 13.6. The van der Waals surface area contributed by atoms with E-state index in [0.717, 1.165) is 25.2 Å². The maximum atomic E-state index is 12.8. The van der Waals surface area contributed by atoms with Gasteiger partial charge in [0, 0.05) is 43.5 Å². The second kappa shape index (κ2) is 7.45. The molecule has 0 spiro atoms. The van der Waals surface area contributed by atoms with E-state index in [1.807, 2.05) is 35.2 Å². The van der Waals surface area contributed by atoms with Crippen molar-refractivity contribution in [3.05, 3.63) is 59.8 Å². The van der Waals surface area contributed by atoms with E-state index >= 15 is 0 Å². The number of ether oxygens (including phenoxy) is 1. The molecule has 3 rings (SSSR count). The summed E-state index contributed by atoms with van der Waals surface area (Å²) < 4.78 is 5.72. The van der Waals surface area contributed by atoms with Crippen molar-refractivity contribution in [3.8, 4) is 5.88 Å². The van der Waals surface area contributed by atoms with Gasteiger partial charge in [0.2, 0.25) is 5.88 Å². The molecule has 0 unspecified atom stereocenters. The van der Waals surface area contributed by atoms with Gasteiger partial charge in [-0.1, -0.05) is 30.3 Å². The molecule has 1 saturated heterocycles. The highest BCUT2D eigenvalue weighted by molar-refractivity contribution is 5.94. The highest BCUT2D eigenvalue weighted by Crippen LogP contribution is 2.17. The van der Waals surface area contributed by atoms with Gasteiger partial charge in [-0.05, 0) is 25.6 Å². The topological polar surface area (TPSA) is 45.7 Å². The van der Waals surface area contributed by atoms with E-state index in [4.69, 9.17) is 4.74 Å². The Morgan fingerprint density at radius 1 is 1.25 bits per heavy atom. The Balaban J connectivity index is 1.67. The third kappa shape index (κ3) is 3.92. The van der Waals surface area contributed by atoms with E-state index in [1.165, 1.54) is 0 Å². The van der Waals surface area contributed by atoms with Crippen molar-refractivity contribution >= 4 is 5.91 Å². The Kier molecular flexibility index (Phi) is 5.11. The molecule has 1 atom stereocenters. The van der Waals surface area contributed by atoms with Crippen LogP contribution in [0.15, 0.2) is 48.7 Å². The van der Waals surface area contributed by atoms with Crippen LogP contribution in [0.25, 0.3) is 0 Å². The molecular formula is C19H23N3O2. The van der Waals surface area contributed by atoms with Crippen molar-refractivity contribution in [1.29, 1.82) is 0 Å². The predicted octanol–water partition coefficient (Wildman–Crippen LogP) is 2.44. The van der Waals surface area contributed by atoms with Crippen LogP contribution in [0.4, 0.5) is 0 Å². The van der Waals surface area contributed by atoms with Crippen LogP contribution in [-0.2, 0) is 6.61 Å². The first-order valence-electron chi connectivity index (χ1n) is 8.26. The van der Waals surface area contributed by atoms with Gasteiger partial charge in [0.1, 0.15) is 6.61 Å². The summed E-state index contributed by atoms with van der Waals surface area (Å²) in [6.07, 6.45) is 1.63.